The number of benzene rings is 3. The molecular formula is C22H22Cl2N2. The van der Waals surface area contributed by atoms with Crippen LogP contribution in [0.2, 0.25) is 10.0 Å². The molecule has 2 nitrogen and oxygen atoms in total. The van der Waals surface area contributed by atoms with E-state index in [1.165, 1.54) is 5.56 Å². The van der Waals surface area contributed by atoms with Gasteiger partial charge in [-0.05, 0) is 65.6 Å². The predicted molar refractivity (Wildman–Crippen MR) is 115 cm³/mol. The summed E-state index contributed by atoms with van der Waals surface area (Å²) in [5.74, 6) is 0. The van der Waals surface area contributed by atoms with Crippen molar-refractivity contribution in [3.8, 4) is 0 Å². The van der Waals surface area contributed by atoms with Crippen molar-refractivity contribution in [3.05, 3.63) is 82.3 Å². The van der Waals surface area contributed by atoms with Crippen LogP contribution in [0.25, 0.3) is 0 Å². The molecule has 0 amide bonds. The molecular weight excluding hydrogens is 363 g/mol. The molecule has 0 spiro atoms. The summed E-state index contributed by atoms with van der Waals surface area (Å²) in [5, 5.41) is 8.30. The summed E-state index contributed by atoms with van der Waals surface area (Å²) in [6, 6.07) is 21.8. The Morgan fingerprint density at radius 2 is 1.08 bits per heavy atom. The Labute approximate surface area is 165 Å². The van der Waals surface area contributed by atoms with Crippen LogP contribution in [0.5, 0.6) is 0 Å². The fourth-order valence-corrected chi connectivity index (χ4v) is 3.05. The summed E-state index contributed by atoms with van der Waals surface area (Å²) in [7, 11) is 0. The van der Waals surface area contributed by atoms with Gasteiger partial charge in [0, 0.05) is 32.8 Å². The number of nitrogens with one attached hydrogen (secondary N) is 2. The molecule has 0 saturated heterocycles. The van der Waals surface area contributed by atoms with Gasteiger partial charge in [0.05, 0.1) is 0 Å². The van der Waals surface area contributed by atoms with Crippen molar-refractivity contribution < 1.29 is 0 Å². The Morgan fingerprint density at radius 1 is 0.615 bits per heavy atom. The SMILES string of the molecule is CC(C)(C)c1cc(Nc2cccc(Cl)c2)cc(Nc2cccc(Cl)c2)c1. The molecule has 3 rings (SSSR count). The quantitative estimate of drug-likeness (QED) is 0.479. The molecule has 2 N–H and O–H groups in total. The minimum atomic E-state index is 0.0246. The maximum absolute atomic E-state index is 6.10. The molecule has 0 saturated carbocycles. The molecule has 3 aromatic carbocycles. The van der Waals surface area contributed by atoms with E-state index in [1.807, 2.05) is 48.5 Å². The number of hydrogen-bond acceptors (Lipinski definition) is 2. The Bertz CT molecular complexity index is 848. The first-order chi connectivity index (χ1) is 12.3. The molecule has 0 heterocycles. The van der Waals surface area contributed by atoms with Crippen LogP contribution in [0.4, 0.5) is 22.7 Å². The average Bonchev–Trinajstić information content (AvgIpc) is 2.54. The molecule has 0 aromatic heterocycles. The Kier molecular flexibility index (Phi) is 5.45. The second-order valence-electron chi connectivity index (χ2n) is 7.32. The largest absolute Gasteiger partial charge is 0.355 e. The molecule has 0 aliphatic rings. The van der Waals surface area contributed by atoms with E-state index in [2.05, 4.69) is 49.6 Å². The highest BCUT2D eigenvalue weighted by Crippen LogP contribution is 2.32. The van der Waals surface area contributed by atoms with Gasteiger partial charge in [0.15, 0.2) is 0 Å². The zero-order valence-electron chi connectivity index (χ0n) is 15.1. The summed E-state index contributed by atoms with van der Waals surface area (Å²) >= 11 is 12.2. The van der Waals surface area contributed by atoms with Crippen molar-refractivity contribution in [1.82, 2.24) is 0 Å². The van der Waals surface area contributed by atoms with Gasteiger partial charge in [-0.2, -0.15) is 0 Å². The summed E-state index contributed by atoms with van der Waals surface area (Å²) in [6.45, 7) is 6.61. The molecule has 134 valence electrons. The highest BCUT2D eigenvalue weighted by molar-refractivity contribution is 6.31. The zero-order chi connectivity index (χ0) is 18.7. The smallest absolute Gasteiger partial charge is 0.0426 e. The summed E-state index contributed by atoms with van der Waals surface area (Å²) in [5.41, 5.74) is 5.17. The van der Waals surface area contributed by atoms with Crippen molar-refractivity contribution in [1.29, 1.82) is 0 Å². The highest BCUT2D eigenvalue weighted by Gasteiger charge is 2.16. The van der Waals surface area contributed by atoms with E-state index in [9.17, 15) is 0 Å². The third-order valence-electron chi connectivity index (χ3n) is 4.03. The van der Waals surface area contributed by atoms with E-state index < -0.39 is 0 Å². The summed E-state index contributed by atoms with van der Waals surface area (Å²) in [4.78, 5) is 0. The maximum Gasteiger partial charge on any atom is 0.0426 e. The highest BCUT2D eigenvalue weighted by atomic mass is 35.5. The molecule has 0 unspecified atom stereocenters. The van der Waals surface area contributed by atoms with Crippen molar-refractivity contribution in [3.63, 3.8) is 0 Å². The van der Waals surface area contributed by atoms with Gasteiger partial charge >= 0.3 is 0 Å². The van der Waals surface area contributed by atoms with Crippen LogP contribution < -0.4 is 10.6 Å². The molecule has 0 bridgehead atoms. The molecule has 26 heavy (non-hydrogen) atoms. The van der Waals surface area contributed by atoms with Crippen LogP contribution in [-0.2, 0) is 5.41 Å². The van der Waals surface area contributed by atoms with E-state index in [1.54, 1.807) is 0 Å². The van der Waals surface area contributed by atoms with E-state index >= 15 is 0 Å². The molecule has 3 aromatic rings. The van der Waals surface area contributed by atoms with E-state index in [-0.39, 0.29) is 5.41 Å². The normalized spacial score (nSPS) is 11.3. The number of halogens is 2. The monoisotopic (exact) mass is 384 g/mol. The van der Waals surface area contributed by atoms with Crippen LogP contribution in [0.3, 0.4) is 0 Å². The van der Waals surface area contributed by atoms with Gasteiger partial charge in [0.1, 0.15) is 0 Å². The lowest BCUT2D eigenvalue weighted by molar-refractivity contribution is 0.591. The summed E-state index contributed by atoms with van der Waals surface area (Å²) in [6.07, 6.45) is 0. The van der Waals surface area contributed by atoms with Crippen LogP contribution in [0.1, 0.15) is 26.3 Å². The summed E-state index contributed by atoms with van der Waals surface area (Å²) < 4.78 is 0. The van der Waals surface area contributed by atoms with Crippen molar-refractivity contribution in [2.24, 2.45) is 0 Å². The van der Waals surface area contributed by atoms with Crippen LogP contribution in [0, 0.1) is 0 Å². The molecule has 0 fully saturated rings. The number of anilines is 4. The number of rotatable bonds is 4. The van der Waals surface area contributed by atoms with Crippen LogP contribution >= 0.6 is 23.2 Å². The topological polar surface area (TPSA) is 24.1 Å². The zero-order valence-corrected chi connectivity index (χ0v) is 16.6. The van der Waals surface area contributed by atoms with Gasteiger partial charge in [-0.1, -0.05) is 56.1 Å². The van der Waals surface area contributed by atoms with E-state index in [4.69, 9.17) is 23.2 Å². The lowest BCUT2D eigenvalue weighted by Gasteiger charge is -2.22. The van der Waals surface area contributed by atoms with Gasteiger partial charge < -0.3 is 10.6 Å². The first kappa shape index (κ1) is 18.6. The van der Waals surface area contributed by atoms with Crippen molar-refractivity contribution in [2.45, 2.75) is 26.2 Å². The molecule has 4 heteroatoms. The second-order valence-corrected chi connectivity index (χ2v) is 8.19. The first-order valence-electron chi connectivity index (χ1n) is 8.50. The van der Waals surface area contributed by atoms with Gasteiger partial charge in [-0.15, -0.1) is 0 Å². The van der Waals surface area contributed by atoms with Gasteiger partial charge in [-0.3, -0.25) is 0 Å². The molecule has 0 aliphatic heterocycles. The third-order valence-corrected chi connectivity index (χ3v) is 4.50. The van der Waals surface area contributed by atoms with E-state index in [0.717, 1.165) is 22.7 Å². The van der Waals surface area contributed by atoms with Gasteiger partial charge in [-0.25, -0.2) is 0 Å². The second kappa shape index (κ2) is 7.61. The van der Waals surface area contributed by atoms with Gasteiger partial charge in [0.25, 0.3) is 0 Å². The molecule has 0 atom stereocenters. The minimum absolute atomic E-state index is 0.0246. The lowest BCUT2D eigenvalue weighted by atomic mass is 9.86. The fraction of sp³-hybridized carbons (Fsp3) is 0.182. The molecule has 0 radical (unpaired) electrons. The predicted octanol–water partition coefficient (Wildman–Crippen LogP) is 7.78. The maximum atomic E-state index is 6.10. The molecule has 0 aliphatic carbocycles. The first-order valence-corrected chi connectivity index (χ1v) is 9.26. The number of hydrogen-bond donors (Lipinski definition) is 2. The third kappa shape index (κ3) is 4.94. The van der Waals surface area contributed by atoms with Crippen LogP contribution in [-0.4, -0.2) is 0 Å². The van der Waals surface area contributed by atoms with Crippen LogP contribution in [0.15, 0.2) is 66.7 Å². The standard InChI is InChI=1S/C22H22Cl2N2/c1-22(2,3)15-10-20(25-18-8-4-6-16(23)12-18)14-21(11-15)26-19-9-5-7-17(24)13-19/h4-14,25-26H,1-3H3. The Balaban J connectivity index is 1.96. The lowest BCUT2D eigenvalue weighted by Crippen LogP contribution is -2.12. The average molecular weight is 385 g/mol. The van der Waals surface area contributed by atoms with E-state index in [0.29, 0.717) is 10.0 Å². The Morgan fingerprint density at radius 3 is 1.46 bits per heavy atom. The van der Waals surface area contributed by atoms with Crippen molar-refractivity contribution in [2.75, 3.05) is 10.6 Å². The fourth-order valence-electron chi connectivity index (χ4n) is 2.67. The Hall–Kier alpha value is -2.16. The van der Waals surface area contributed by atoms with Crippen molar-refractivity contribution >= 4 is 46.0 Å². The van der Waals surface area contributed by atoms with Gasteiger partial charge in [0.2, 0.25) is 0 Å². The minimum Gasteiger partial charge on any atom is -0.355 e.